The van der Waals surface area contributed by atoms with Crippen LogP contribution in [-0.2, 0) is 20.9 Å². The molecule has 0 amide bonds. The summed E-state index contributed by atoms with van der Waals surface area (Å²) in [6, 6.07) is 14.0. The Morgan fingerprint density at radius 2 is 1.75 bits per heavy atom. The Hall–Kier alpha value is -1.99. The van der Waals surface area contributed by atoms with Gasteiger partial charge in [0.1, 0.15) is 5.82 Å². The Balaban J connectivity index is 2.06. The third-order valence-electron chi connectivity index (χ3n) is 3.84. The van der Waals surface area contributed by atoms with Gasteiger partial charge in [-0.05, 0) is 38.1 Å². The van der Waals surface area contributed by atoms with Gasteiger partial charge in [-0.25, -0.2) is 4.98 Å². The number of rotatable bonds is 3. The number of hydrogen-bond acceptors (Lipinski definition) is 3. The van der Waals surface area contributed by atoms with Gasteiger partial charge in [0.15, 0.2) is 0 Å². The van der Waals surface area contributed by atoms with Gasteiger partial charge in [0.25, 0.3) is 10.0 Å². The van der Waals surface area contributed by atoms with Crippen molar-refractivity contribution in [1.82, 2.24) is 4.98 Å². The molecule has 0 radical (unpaired) electrons. The second-order valence-electron chi connectivity index (χ2n) is 5.63. The van der Waals surface area contributed by atoms with Gasteiger partial charge in [-0.15, -0.1) is 3.77 Å². The molecule has 7 heteroatoms. The summed E-state index contributed by atoms with van der Waals surface area (Å²) >= 11 is 0. The molecule has 1 aliphatic heterocycles. The van der Waals surface area contributed by atoms with Crippen molar-refractivity contribution in [2.24, 2.45) is 3.77 Å². The zero-order valence-electron chi connectivity index (χ0n) is 13.6. The molecule has 1 aliphatic rings. The lowest BCUT2D eigenvalue weighted by molar-refractivity contribution is 0.598. The summed E-state index contributed by atoms with van der Waals surface area (Å²) < 4.78 is 31.5. The van der Waals surface area contributed by atoms with E-state index in [1.165, 1.54) is 11.1 Å². The van der Waals surface area contributed by atoms with Gasteiger partial charge in [-0.3, -0.25) is 4.31 Å². The Kier molecular flexibility index (Phi) is 4.82. The maximum Gasteiger partial charge on any atom is 0.289 e. The second kappa shape index (κ2) is 6.86. The predicted octanol–water partition coefficient (Wildman–Crippen LogP) is 3.34. The summed E-state index contributed by atoms with van der Waals surface area (Å²) in [6.45, 7) is 4.74. The Morgan fingerprint density at radius 3 is 2.42 bits per heavy atom. The largest absolute Gasteiger partial charge is 0.289 e. The lowest BCUT2D eigenvalue weighted by Gasteiger charge is -2.31. The van der Waals surface area contributed by atoms with Crippen molar-refractivity contribution < 1.29 is 8.42 Å². The molecule has 2 aromatic rings. The van der Waals surface area contributed by atoms with Crippen LogP contribution in [0, 0.1) is 0 Å². The fourth-order valence-electron chi connectivity index (χ4n) is 2.33. The zero-order chi connectivity index (χ0) is 17.2. The number of aromatic nitrogens is 1. The highest BCUT2D eigenvalue weighted by Crippen LogP contribution is 2.25. The molecule has 5 nitrogen and oxygen atoms in total. The lowest BCUT2D eigenvalue weighted by atomic mass is 10.2. The van der Waals surface area contributed by atoms with E-state index in [0.717, 1.165) is 5.82 Å². The fourth-order valence-corrected chi connectivity index (χ4v) is 6.07. The minimum absolute atomic E-state index is 0.224. The van der Waals surface area contributed by atoms with Crippen molar-refractivity contribution in [3.8, 4) is 0 Å². The van der Waals surface area contributed by atoms with Crippen LogP contribution in [-0.4, -0.2) is 25.7 Å². The molecule has 126 valence electrons. The highest BCUT2D eigenvalue weighted by molar-refractivity contribution is 8.00. The van der Waals surface area contributed by atoms with E-state index in [2.05, 4.69) is 15.7 Å². The molecule has 0 saturated heterocycles. The quantitative estimate of drug-likeness (QED) is 0.787. The molecule has 0 spiro atoms. The van der Waals surface area contributed by atoms with Crippen LogP contribution in [0.4, 0.5) is 5.82 Å². The van der Waals surface area contributed by atoms with Crippen LogP contribution in [0.5, 0.6) is 0 Å². The average molecular weight is 361 g/mol. The summed E-state index contributed by atoms with van der Waals surface area (Å²) in [6.07, 6.45) is 1.71. The van der Waals surface area contributed by atoms with Crippen molar-refractivity contribution in [3.05, 3.63) is 65.9 Å². The molecule has 0 fully saturated rings. The smallest absolute Gasteiger partial charge is 0.287 e. The van der Waals surface area contributed by atoms with E-state index in [-0.39, 0.29) is 4.90 Å². The normalized spacial score (nSPS) is 18.9. The number of sulfonamides is 1. The molecular weight excluding hydrogens is 342 g/mol. The highest BCUT2D eigenvalue weighted by atomic mass is 32.3. The van der Waals surface area contributed by atoms with Gasteiger partial charge >= 0.3 is 0 Å². The van der Waals surface area contributed by atoms with Crippen LogP contribution in [0.2, 0.25) is 0 Å². The van der Waals surface area contributed by atoms with Gasteiger partial charge in [0.05, 0.1) is 11.4 Å². The highest BCUT2D eigenvalue weighted by Gasteiger charge is 2.24. The van der Waals surface area contributed by atoms with E-state index >= 15 is 0 Å². The number of hydrogen-bond donors (Lipinski definition) is 0. The van der Waals surface area contributed by atoms with Gasteiger partial charge in [-0.1, -0.05) is 35.4 Å². The Bertz CT molecular complexity index is 892. The van der Waals surface area contributed by atoms with Gasteiger partial charge in [0, 0.05) is 22.8 Å². The first-order valence-corrected chi connectivity index (χ1v) is 10.3. The van der Waals surface area contributed by atoms with Gasteiger partial charge in [0.2, 0.25) is 0 Å². The fraction of sp³-hybridized carbons (Fsp3) is 0.235. The standard InChI is InChI=1S/C17H19N3O2S2/c1-14-12-20(17-10-6-7-11-18-17)23(13-15(14)2)19-24(21,22)16-8-4-3-5-9-16/h3-11H,12-13H2,1-2H3/t23-/m1/s1. The molecule has 0 bridgehead atoms. The van der Waals surface area contributed by atoms with Crippen molar-refractivity contribution in [2.75, 3.05) is 16.6 Å². The zero-order valence-corrected chi connectivity index (χ0v) is 15.2. The third-order valence-corrected chi connectivity index (χ3v) is 7.70. The summed E-state index contributed by atoms with van der Waals surface area (Å²) in [4.78, 5) is 4.59. The topological polar surface area (TPSA) is 62.6 Å². The SMILES string of the molecule is CC1=C(C)C[S@](=NS(=O)(=O)c2ccccc2)N(c2ccccn2)C1. The molecule has 0 unspecified atom stereocenters. The lowest BCUT2D eigenvalue weighted by Crippen LogP contribution is -2.35. The van der Waals surface area contributed by atoms with Crippen LogP contribution < -0.4 is 4.31 Å². The van der Waals surface area contributed by atoms with Crippen molar-refractivity contribution in [1.29, 1.82) is 0 Å². The average Bonchev–Trinajstić information content (AvgIpc) is 2.59. The molecule has 0 N–H and O–H groups in total. The molecule has 2 heterocycles. The summed E-state index contributed by atoms with van der Waals surface area (Å²) in [5, 5.41) is 0. The molecule has 1 atom stereocenters. The Morgan fingerprint density at radius 1 is 1.04 bits per heavy atom. The third kappa shape index (κ3) is 3.57. The maximum absolute atomic E-state index is 12.6. The first kappa shape index (κ1) is 16.9. The first-order valence-electron chi connectivity index (χ1n) is 7.55. The molecule has 24 heavy (non-hydrogen) atoms. The van der Waals surface area contributed by atoms with Crippen molar-refractivity contribution in [2.45, 2.75) is 18.7 Å². The molecule has 1 aromatic carbocycles. The summed E-state index contributed by atoms with van der Waals surface area (Å²) in [5.41, 5.74) is 2.43. The maximum atomic E-state index is 12.6. The van der Waals surface area contributed by atoms with Gasteiger partial charge in [-0.2, -0.15) is 8.42 Å². The minimum atomic E-state index is -3.70. The van der Waals surface area contributed by atoms with Crippen LogP contribution >= 0.6 is 0 Å². The van der Waals surface area contributed by atoms with Crippen LogP contribution in [0.25, 0.3) is 0 Å². The van der Waals surface area contributed by atoms with Crippen molar-refractivity contribution in [3.63, 3.8) is 0 Å². The minimum Gasteiger partial charge on any atom is -0.287 e. The molecule has 0 saturated carbocycles. The summed E-state index contributed by atoms with van der Waals surface area (Å²) in [7, 11) is -4.50. The van der Waals surface area contributed by atoms with Crippen LogP contribution in [0.3, 0.4) is 0 Å². The monoisotopic (exact) mass is 361 g/mol. The first-order chi connectivity index (χ1) is 11.5. The van der Waals surface area contributed by atoms with Crippen molar-refractivity contribution >= 4 is 26.7 Å². The summed E-state index contributed by atoms with van der Waals surface area (Å²) in [5.74, 6) is 1.36. The van der Waals surface area contributed by atoms with E-state index in [0.29, 0.717) is 12.3 Å². The number of benzene rings is 1. The van der Waals surface area contributed by atoms with E-state index < -0.39 is 20.9 Å². The van der Waals surface area contributed by atoms with E-state index in [4.69, 9.17) is 0 Å². The van der Waals surface area contributed by atoms with E-state index in [1.54, 1.807) is 36.5 Å². The molecule has 1 aromatic heterocycles. The number of pyridine rings is 1. The van der Waals surface area contributed by atoms with Gasteiger partial charge < -0.3 is 0 Å². The molecular formula is C17H19N3O2S2. The Labute approximate surface area is 145 Å². The van der Waals surface area contributed by atoms with E-state index in [9.17, 15) is 8.42 Å². The van der Waals surface area contributed by atoms with Crippen LogP contribution in [0.15, 0.2) is 74.5 Å². The number of nitrogens with zero attached hydrogens (tertiary/aromatic N) is 3. The molecule has 3 rings (SSSR count). The molecule has 0 aliphatic carbocycles. The number of anilines is 1. The second-order valence-corrected chi connectivity index (χ2v) is 9.06. The van der Waals surface area contributed by atoms with Crippen LogP contribution in [0.1, 0.15) is 13.8 Å². The predicted molar refractivity (Wildman–Crippen MR) is 98.2 cm³/mol. The van der Waals surface area contributed by atoms with E-state index in [1.807, 2.05) is 29.4 Å².